The van der Waals surface area contributed by atoms with Crippen LogP contribution in [0, 0.1) is 0 Å². The van der Waals surface area contributed by atoms with Gasteiger partial charge in [0, 0.05) is 0 Å². The van der Waals surface area contributed by atoms with E-state index in [2.05, 4.69) is 0 Å². The third-order valence-electron chi connectivity index (χ3n) is 3.76. The van der Waals surface area contributed by atoms with Crippen molar-refractivity contribution >= 4 is 19.5 Å². The van der Waals surface area contributed by atoms with E-state index in [1.807, 2.05) is 0 Å². The molecular formula is C18H19O7P. The van der Waals surface area contributed by atoms with Gasteiger partial charge in [-0.15, -0.1) is 0 Å². The molecule has 0 aliphatic rings. The zero-order chi connectivity index (χ0) is 19.2. The van der Waals surface area contributed by atoms with E-state index in [-0.39, 0.29) is 0 Å². The molecule has 0 heterocycles. The highest BCUT2D eigenvalue weighted by Gasteiger charge is 2.38. The standard InChI is InChI=1S/C18H19O7P/c19-17(20)11-15(13-7-3-1-4-8-13)25-26(23,24)16(12-18(21)22)14-9-5-2-6-10-14/h1-10,15-16H,11-12H2,(H,19,20)(H,21,22)(H,23,24). The van der Waals surface area contributed by atoms with E-state index in [0.717, 1.165) is 0 Å². The molecule has 8 heteroatoms. The van der Waals surface area contributed by atoms with Crippen LogP contribution in [0.15, 0.2) is 60.7 Å². The average Bonchev–Trinajstić information content (AvgIpc) is 2.60. The summed E-state index contributed by atoms with van der Waals surface area (Å²) in [5.74, 6) is -2.46. The molecule has 0 aliphatic heterocycles. The van der Waals surface area contributed by atoms with Crippen LogP contribution in [0.2, 0.25) is 0 Å². The van der Waals surface area contributed by atoms with Crippen molar-refractivity contribution in [2.75, 3.05) is 0 Å². The van der Waals surface area contributed by atoms with Gasteiger partial charge < -0.3 is 15.1 Å². The van der Waals surface area contributed by atoms with Gasteiger partial charge in [-0.05, 0) is 11.1 Å². The van der Waals surface area contributed by atoms with Gasteiger partial charge in [0.05, 0.1) is 18.5 Å². The van der Waals surface area contributed by atoms with Crippen molar-refractivity contribution in [1.29, 1.82) is 0 Å². The van der Waals surface area contributed by atoms with E-state index in [4.69, 9.17) is 14.7 Å². The molecule has 0 saturated heterocycles. The van der Waals surface area contributed by atoms with Gasteiger partial charge in [0.1, 0.15) is 6.10 Å². The van der Waals surface area contributed by atoms with Crippen LogP contribution in [0.5, 0.6) is 0 Å². The lowest BCUT2D eigenvalue weighted by atomic mass is 10.1. The molecule has 0 bridgehead atoms. The first kappa shape index (κ1) is 19.8. The molecule has 26 heavy (non-hydrogen) atoms. The summed E-state index contributed by atoms with van der Waals surface area (Å²) in [5.41, 5.74) is -0.546. The second-order valence-electron chi connectivity index (χ2n) is 5.69. The second-order valence-corrected chi connectivity index (χ2v) is 7.65. The maximum absolute atomic E-state index is 12.9. The summed E-state index contributed by atoms with van der Waals surface area (Å²) >= 11 is 0. The highest BCUT2D eigenvalue weighted by atomic mass is 31.2. The van der Waals surface area contributed by atoms with Gasteiger partial charge in [0.25, 0.3) is 0 Å². The molecule has 7 nitrogen and oxygen atoms in total. The molecule has 3 N–H and O–H groups in total. The molecule has 2 aromatic rings. The van der Waals surface area contributed by atoms with Crippen molar-refractivity contribution in [3.05, 3.63) is 71.8 Å². The predicted octanol–water partition coefficient (Wildman–Crippen LogP) is 3.62. The summed E-state index contributed by atoms with van der Waals surface area (Å²) in [6.07, 6.45) is -2.32. The molecule has 0 spiro atoms. The normalized spacial score (nSPS) is 15.6. The zero-order valence-corrected chi connectivity index (χ0v) is 14.7. The minimum atomic E-state index is -4.50. The molecule has 0 fully saturated rings. The van der Waals surface area contributed by atoms with Crippen molar-refractivity contribution < 1.29 is 33.8 Å². The summed E-state index contributed by atoms with van der Waals surface area (Å²) < 4.78 is 18.2. The molecule has 3 atom stereocenters. The van der Waals surface area contributed by atoms with E-state index >= 15 is 0 Å². The molecular weight excluding hydrogens is 359 g/mol. The Labute approximate surface area is 150 Å². The Kier molecular flexibility index (Phi) is 6.69. The number of aliphatic carboxylic acids is 2. The van der Waals surface area contributed by atoms with Crippen LogP contribution in [0.25, 0.3) is 0 Å². The average molecular weight is 378 g/mol. The maximum Gasteiger partial charge on any atom is 0.336 e. The molecule has 138 valence electrons. The smallest absolute Gasteiger partial charge is 0.336 e. The fourth-order valence-corrected chi connectivity index (χ4v) is 4.20. The molecule has 2 rings (SSSR count). The molecule has 0 saturated carbocycles. The number of carboxylic acid groups (broad SMARTS) is 2. The maximum atomic E-state index is 12.9. The molecule has 0 aromatic heterocycles. The van der Waals surface area contributed by atoms with Crippen LogP contribution in [-0.4, -0.2) is 27.0 Å². The van der Waals surface area contributed by atoms with Crippen molar-refractivity contribution in [3.63, 3.8) is 0 Å². The Hall–Kier alpha value is -2.47. The summed E-state index contributed by atoms with van der Waals surface area (Å²) in [4.78, 5) is 32.8. The van der Waals surface area contributed by atoms with Crippen LogP contribution >= 0.6 is 7.60 Å². The van der Waals surface area contributed by atoms with E-state index in [1.165, 1.54) is 12.1 Å². The van der Waals surface area contributed by atoms with Gasteiger partial charge in [0.15, 0.2) is 0 Å². The number of rotatable bonds is 9. The van der Waals surface area contributed by atoms with Crippen LogP contribution in [0.1, 0.15) is 35.7 Å². The zero-order valence-electron chi connectivity index (χ0n) is 13.8. The third kappa shape index (κ3) is 5.52. The molecule has 0 amide bonds. The highest BCUT2D eigenvalue weighted by molar-refractivity contribution is 7.53. The Balaban J connectivity index is 2.35. The minimum Gasteiger partial charge on any atom is -0.481 e. The molecule has 0 aliphatic carbocycles. The van der Waals surface area contributed by atoms with E-state index in [1.54, 1.807) is 48.5 Å². The minimum absolute atomic E-state index is 0.336. The van der Waals surface area contributed by atoms with Crippen molar-refractivity contribution in [1.82, 2.24) is 0 Å². The van der Waals surface area contributed by atoms with Crippen molar-refractivity contribution in [3.8, 4) is 0 Å². The van der Waals surface area contributed by atoms with Crippen molar-refractivity contribution in [2.45, 2.75) is 24.6 Å². The number of carbonyl (C=O) groups is 2. The van der Waals surface area contributed by atoms with Gasteiger partial charge in [-0.1, -0.05) is 60.7 Å². The van der Waals surface area contributed by atoms with Gasteiger partial charge in [-0.25, -0.2) is 0 Å². The first-order valence-electron chi connectivity index (χ1n) is 7.84. The van der Waals surface area contributed by atoms with E-state index in [0.29, 0.717) is 11.1 Å². The molecule has 3 unspecified atom stereocenters. The Bertz CT molecular complexity index is 792. The summed E-state index contributed by atoms with van der Waals surface area (Å²) in [7, 11) is -4.50. The number of hydrogen-bond donors (Lipinski definition) is 3. The lowest BCUT2D eigenvalue weighted by molar-refractivity contribution is -0.139. The quantitative estimate of drug-likeness (QED) is 0.570. The first-order valence-corrected chi connectivity index (χ1v) is 9.48. The molecule has 2 aromatic carbocycles. The fraction of sp³-hybridized carbons (Fsp3) is 0.222. The lowest BCUT2D eigenvalue weighted by Gasteiger charge is -2.26. The first-order chi connectivity index (χ1) is 12.3. The number of carboxylic acids is 2. The predicted molar refractivity (Wildman–Crippen MR) is 93.8 cm³/mol. The van der Waals surface area contributed by atoms with E-state index in [9.17, 15) is 19.0 Å². The Morgan fingerprint density at radius 1 is 0.846 bits per heavy atom. The third-order valence-corrected chi connectivity index (χ3v) is 5.58. The summed E-state index contributed by atoms with van der Waals surface area (Å²) in [6, 6.07) is 16.2. The fourth-order valence-electron chi connectivity index (χ4n) is 2.56. The summed E-state index contributed by atoms with van der Waals surface area (Å²) in [5, 5.41) is 18.2. The monoisotopic (exact) mass is 378 g/mol. The lowest BCUT2D eigenvalue weighted by Crippen LogP contribution is -2.14. The molecule has 0 radical (unpaired) electrons. The Morgan fingerprint density at radius 2 is 1.31 bits per heavy atom. The Morgan fingerprint density at radius 3 is 1.77 bits per heavy atom. The highest BCUT2D eigenvalue weighted by Crippen LogP contribution is 2.60. The number of benzene rings is 2. The topological polar surface area (TPSA) is 121 Å². The van der Waals surface area contributed by atoms with Crippen LogP contribution in [0.3, 0.4) is 0 Å². The SMILES string of the molecule is O=C(O)CC(OP(=O)(O)C(CC(=O)O)c1ccccc1)c1ccccc1. The van der Waals surface area contributed by atoms with Gasteiger partial charge in [0.2, 0.25) is 0 Å². The van der Waals surface area contributed by atoms with Gasteiger partial charge in [-0.2, -0.15) is 0 Å². The van der Waals surface area contributed by atoms with Crippen LogP contribution in [0.4, 0.5) is 0 Å². The van der Waals surface area contributed by atoms with Crippen LogP contribution < -0.4 is 0 Å². The van der Waals surface area contributed by atoms with Gasteiger partial charge >= 0.3 is 19.5 Å². The number of hydrogen-bond acceptors (Lipinski definition) is 4. The largest absolute Gasteiger partial charge is 0.481 e. The summed E-state index contributed by atoms with van der Waals surface area (Å²) in [6.45, 7) is 0. The van der Waals surface area contributed by atoms with Crippen LogP contribution in [-0.2, 0) is 18.7 Å². The van der Waals surface area contributed by atoms with E-state index < -0.39 is 44.1 Å². The van der Waals surface area contributed by atoms with Crippen molar-refractivity contribution in [2.24, 2.45) is 0 Å². The second kappa shape index (κ2) is 8.76. The van der Waals surface area contributed by atoms with Gasteiger partial charge in [-0.3, -0.25) is 18.7 Å².